The van der Waals surface area contributed by atoms with Crippen LogP contribution < -0.4 is 4.74 Å². The molecule has 0 radical (unpaired) electrons. The van der Waals surface area contributed by atoms with E-state index in [0.29, 0.717) is 0 Å². The highest BCUT2D eigenvalue weighted by Gasteiger charge is 2.17. The van der Waals surface area contributed by atoms with Crippen molar-refractivity contribution in [1.82, 2.24) is 9.38 Å². The minimum Gasteiger partial charge on any atom is -0.496 e. The Balaban J connectivity index is 2.08. The third-order valence-electron chi connectivity index (χ3n) is 3.30. The Hall–Kier alpha value is -1.46. The minimum absolute atomic E-state index is 0.916. The smallest absolute Gasteiger partial charge is 0.195 e. The predicted octanol–water partition coefficient (Wildman–Crippen LogP) is 4.96. The quantitative estimate of drug-likeness (QED) is 0.474. The molecule has 0 aliphatic rings. The van der Waals surface area contributed by atoms with Gasteiger partial charge in [-0.3, -0.25) is 4.40 Å². The van der Waals surface area contributed by atoms with E-state index in [9.17, 15) is 0 Å². The second-order valence-electron chi connectivity index (χ2n) is 4.72. The average Bonchev–Trinajstić information content (AvgIpc) is 3.09. The first-order chi connectivity index (χ1) is 10.3. The van der Waals surface area contributed by atoms with Gasteiger partial charge in [-0.05, 0) is 24.3 Å². The molecule has 5 heteroatoms. The lowest BCUT2D eigenvalue weighted by Gasteiger charge is -2.08. The van der Waals surface area contributed by atoms with Gasteiger partial charge >= 0.3 is 0 Å². The molecule has 1 aromatic carbocycles. The Bertz CT molecular complexity index is 733. The molecule has 0 aliphatic heterocycles. The topological polar surface area (TPSA) is 26.5 Å². The van der Waals surface area contributed by atoms with E-state index in [2.05, 4.69) is 28.4 Å². The molecule has 0 saturated heterocycles. The third kappa shape index (κ3) is 2.80. The molecule has 0 aliphatic carbocycles. The molecule has 0 unspecified atom stereocenters. The first kappa shape index (κ1) is 14.5. The third-order valence-corrected chi connectivity index (χ3v) is 5.70. The first-order valence-electron chi connectivity index (χ1n) is 7.07. The van der Waals surface area contributed by atoms with E-state index in [1.807, 2.05) is 36.3 Å². The molecule has 21 heavy (non-hydrogen) atoms. The highest BCUT2D eigenvalue weighted by Crippen LogP contribution is 2.42. The van der Waals surface area contributed by atoms with E-state index in [0.717, 1.165) is 22.0 Å². The van der Waals surface area contributed by atoms with Crippen molar-refractivity contribution in [3.05, 3.63) is 36.7 Å². The maximum Gasteiger partial charge on any atom is 0.195 e. The number of ether oxygens (including phenoxy) is 1. The van der Waals surface area contributed by atoms with Crippen LogP contribution in [0.25, 0.3) is 15.4 Å². The second-order valence-corrected chi connectivity index (χ2v) is 6.78. The number of para-hydroxylation sites is 1. The van der Waals surface area contributed by atoms with Gasteiger partial charge < -0.3 is 4.74 Å². The second kappa shape index (κ2) is 6.54. The fraction of sp³-hybridized carbons (Fsp3) is 0.312. The summed E-state index contributed by atoms with van der Waals surface area (Å²) >= 11 is 3.63. The number of thiazole rings is 1. The average molecular weight is 318 g/mol. The molecule has 0 spiro atoms. The molecule has 0 bridgehead atoms. The van der Waals surface area contributed by atoms with Crippen LogP contribution in [-0.4, -0.2) is 22.2 Å². The molecule has 2 heterocycles. The number of imidazole rings is 1. The highest BCUT2D eigenvalue weighted by molar-refractivity contribution is 7.99. The summed E-state index contributed by atoms with van der Waals surface area (Å²) in [4.78, 5) is 6.72. The van der Waals surface area contributed by atoms with Crippen molar-refractivity contribution in [2.45, 2.75) is 24.8 Å². The number of hydrogen-bond acceptors (Lipinski definition) is 4. The summed E-state index contributed by atoms with van der Waals surface area (Å²) in [7, 11) is 1.72. The summed E-state index contributed by atoms with van der Waals surface area (Å²) < 4.78 is 7.71. The van der Waals surface area contributed by atoms with Gasteiger partial charge in [-0.15, -0.1) is 11.8 Å². The number of fused-ring (bicyclic) bond motifs is 1. The number of hydrogen-bond donors (Lipinski definition) is 0. The zero-order valence-electron chi connectivity index (χ0n) is 12.2. The lowest BCUT2D eigenvalue weighted by Crippen LogP contribution is -1.89. The molecule has 0 N–H and O–H groups in total. The molecule has 110 valence electrons. The Kier molecular flexibility index (Phi) is 4.51. The molecular formula is C16H18N2OS2. The first-order valence-corrected chi connectivity index (χ1v) is 8.87. The monoisotopic (exact) mass is 318 g/mol. The molecule has 3 rings (SSSR count). The van der Waals surface area contributed by atoms with E-state index >= 15 is 0 Å². The van der Waals surface area contributed by atoms with Gasteiger partial charge in [-0.2, -0.15) is 0 Å². The van der Waals surface area contributed by atoms with Crippen LogP contribution in [0.3, 0.4) is 0 Å². The molecule has 0 amide bonds. The molecular weight excluding hydrogens is 300 g/mol. The van der Waals surface area contributed by atoms with Crippen LogP contribution in [0.1, 0.15) is 19.8 Å². The van der Waals surface area contributed by atoms with Gasteiger partial charge in [0.1, 0.15) is 5.75 Å². The van der Waals surface area contributed by atoms with Gasteiger partial charge in [-0.25, -0.2) is 4.98 Å². The molecule has 3 aromatic rings. The lowest BCUT2D eigenvalue weighted by molar-refractivity contribution is 0.416. The van der Waals surface area contributed by atoms with Crippen molar-refractivity contribution in [3.63, 3.8) is 0 Å². The van der Waals surface area contributed by atoms with E-state index < -0.39 is 0 Å². The molecule has 0 fully saturated rings. The number of aromatic nitrogens is 2. The fourth-order valence-corrected chi connectivity index (χ4v) is 4.74. The van der Waals surface area contributed by atoms with Crippen molar-refractivity contribution >= 4 is 28.1 Å². The molecule has 0 atom stereocenters. The summed E-state index contributed by atoms with van der Waals surface area (Å²) in [6, 6.07) is 8.19. The largest absolute Gasteiger partial charge is 0.496 e. The summed E-state index contributed by atoms with van der Waals surface area (Å²) in [6.45, 7) is 2.22. The Morgan fingerprint density at radius 2 is 2.19 bits per heavy atom. The highest BCUT2D eigenvalue weighted by atomic mass is 32.2. The van der Waals surface area contributed by atoms with E-state index in [-0.39, 0.29) is 0 Å². The van der Waals surface area contributed by atoms with E-state index in [1.54, 1.807) is 18.4 Å². The van der Waals surface area contributed by atoms with Gasteiger partial charge in [0.05, 0.1) is 17.0 Å². The predicted molar refractivity (Wildman–Crippen MR) is 90.7 cm³/mol. The van der Waals surface area contributed by atoms with Crippen LogP contribution in [0.15, 0.2) is 41.7 Å². The zero-order valence-corrected chi connectivity index (χ0v) is 13.8. The van der Waals surface area contributed by atoms with Gasteiger partial charge in [0.25, 0.3) is 0 Å². The van der Waals surface area contributed by atoms with Gasteiger partial charge in [0, 0.05) is 18.0 Å². The van der Waals surface area contributed by atoms with Gasteiger partial charge in [0.15, 0.2) is 4.96 Å². The number of nitrogens with zero attached hydrogens (tertiary/aromatic N) is 2. The number of thioether (sulfide) groups is 1. The number of methoxy groups -OCH3 is 1. The Labute approximate surface area is 133 Å². The standard InChI is InChI=1S/C16H18N2OS2/c1-3-4-11-20-15-14(21-16-17-9-10-18(15)16)12-7-5-6-8-13(12)19-2/h5-10H,3-4,11H2,1-2H3. The maximum atomic E-state index is 5.52. The van der Waals surface area contributed by atoms with Crippen LogP contribution in [-0.2, 0) is 0 Å². The maximum absolute atomic E-state index is 5.52. The summed E-state index contributed by atoms with van der Waals surface area (Å²) in [5.74, 6) is 2.04. The Morgan fingerprint density at radius 3 is 3.00 bits per heavy atom. The fourth-order valence-electron chi connectivity index (χ4n) is 2.21. The van der Waals surface area contributed by atoms with E-state index in [4.69, 9.17) is 4.74 Å². The zero-order chi connectivity index (χ0) is 14.7. The van der Waals surface area contributed by atoms with E-state index in [1.165, 1.54) is 22.7 Å². The SMILES string of the molecule is CCCCSc1c(-c2ccccc2OC)sc2nccn12. The van der Waals surface area contributed by atoms with Crippen LogP contribution in [0.5, 0.6) is 5.75 Å². The molecule has 2 aromatic heterocycles. The Morgan fingerprint density at radius 1 is 1.33 bits per heavy atom. The minimum atomic E-state index is 0.916. The lowest BCUT2D eigenvalue weighted by atomic mass is 10.2. The normalized spacial score (nSPS) is 11.1. The van der Waals surface area contributed by atoms with Crippen molar-refractivity contribution < 1.29 is 4.74 Å². The number of rotatable bonds is 6. The van der Waals surface area contributed by atoms with Crippen LogP contribution >= 0.6 is 23.1 Å². The summed E-state index contributed by atoms with van der Waals surface area (Å²) in [5, 5.41) is 1.27. The van der Waals surface area contributed by atoms with Crippen LogP contribution in [0.4, 0.5) is 0 Å². The molecule has 0 saturated carbocycles. The summed E-state index contributed by atoms with van der Waals surface area (Å²) in [5.41, 5.74) is 1.15. The summed E-state index contributed by atoms with van der Waals surface area (Å²) in [6.07, 6.45) is 6.34. The number of unbranched alkanes of at least 4 members (excludes halogenated alkanes) is 1. The van der Waals surface area contributed by atoms with Gasteiger partial charge in [-0.1, -0.05) is 36.8 Å². The van der Waals surface area contributed by atoms with Crippen LogP contribution in [0, 0.1) is 0 Å². The number of benzene rings is 1. The van der Waals surface area contributed by atoms with Gasteiger partial charge in [0.2, 0.25) is 0 Å². The van der Waals surface area contributed by atoms with Crippen molar-refractivity contribution in [2.24, 2.45) is 0 Å². The molecule has 3 nitrogen and oxygen atoms in total. The van der Waals surface area contributed by atoms with Crippen molar-refractivity contribution in [3.8, 4) is 16.2 Å². The van der Waals surface area contributed by atoms with Crippen molar-refractivity contribution in [2.75, 3.05) is 12.9 Å². The van der Waals surface area contributed by atoms with Crippen LogP contribution in [0.2, 0.25) is 0 Å². The van der Waals surface area contributed by atoms with Crippen molar-refractivity contribution in [1.29, 1.82) is 0 Å².